The summed E-state index contributed by atoms with van der Waals surface area (Å²) in [4.78, 5) is 30.8. The van der Waals surface area contributed by atoms with Crippen LogP contribution in [0.25, 0.3) is 33.9 Å². The third-order valence-corrected chi connectivity index (χ3v) is 5.75. The molecular formula is C24H23N5O3. The Balaban J connectivity index is 1.90. The van der Waals surface area contributed by atoms with Crippen molar-refractivity contribution in [1.29, 1.82) is 0 Å². The van der Waals surface area contributed by atoms with Crippen LogP contribution in [0, 0.1) is 6.92 Å². The maximum Gasteiger partial charge on any atom is 0.332 e. The van der Waals surface area contributed by atoms with E-state index in [4.69, 9.17) is 4.98 Å². The molecule has 0 spiro atoms. The van der Waals surface area contributed by atoms with Gasteiger partial charge in [-0.1, -0.05) is 48.0 Å². The van der Waals surface area contributed by atoms with Gasteiger partial charge in [-0.05, 0) is 25.5 Å². The molecule has 0 saturated carbocycles. The average molecular weight is 429 g/mol. The number of fused-ring (bicyclic) bond motifs is 3. The number of aryl methyl sites for hydroxylation is 2. The van der Waals surface area contributed by atoms with Crippen LogP contribution in [0.5, 0.6) is 0 Å². The highest BCUT2D eigenvalue weighted by Gasteiger charge is 2.22. The smallest absolute Gasteiger partial charge is 0.332 e. The highest BCUT2D eigenvalue weighted by atomic mass is 16.3. The molecule has 0 amide bonds. The maximum absolute atomic E-state index is 13.3. The van der Waals surface area contributed by atoms with Gasteiger partial charge in [0.05, 0.1) is 5.69 Å². The Labute approximate surface area is 183 Å². The van der Waals surface area contributed by atoms with Crippen molar-refractivity contribution >= 4 is 16.9 Å². The van der Waals surface area contributed by atoms with E-state index in [1.165, 1.54) is 4.57 Å². The van der Waals surface area contributed by atoms with Gasteiger partial charge in [0.2, 0.25) is 5.78 Å². The predicted molar refractivity (Wildman–Crippen MR) is 123 cm³/mol. The molecule has 0 radical (unpaired) electrons. The van der Waals surface area contributed by atoms with E-state index in [0.717, 1.165) is 27.1 Å². The van der Waals surface area contributed by atoms with Gasteiger partial charge in [0.25, 0.3) is 5.56 Å². The van der Waals surface area contributed by atoms with Crippen molar-refractivity contribution in [1.82, 2.24) is 23.1 Å². The third kappa shape index (κ3) is 2.99. The van der Waals surface area contributed by atoms with E-state index in [1.807, 2.05) is 72.3 Å². The van der Waals surface area contributed by atoms with Crippen molar-refractivity contribution in [2.24, 2.45) is 7.05 Å². The number of hydrogen-bond donors (Lipinski definition) is 1. The minimum absolute atomic E-state index is 0.0998. The number of aromatic nitrogens is 5. The molecule has 2 aromatic carbocycles. The molecule has 0 aliphatic heterocycles. The zero-order valence-electron chi connectivity index (χ0n) is 17.9. The molecule has 8 nitrogen and oxygen atoms in total. The van der Waals surface area contributed by atoms with Crippen LogP contribution in [-0.2, 0) is 13.6 Å². The molecule has 8 heteroatoms. The molecule has 1 N–H and O–H groups in total. The van der Waals surface area contributed by atoms with E-state index < -0.39 is 11.2 Å². The molecule has 0 unspecified atom stereocenters. The third-order valence-electron chi connectivity index (χ3n) is 5.75. The fraction of sp³-hybridized carbons (Fsp3) is 0.208. The summed E-state index contributed by atoms with van der Waals surface area (Å²) in [6, 6.07) is 18.0. The van der Waals surface area contributed by atoms with Crippen molar-refractivity contribution in [2.75, 3.05) is 6.61 Å². The van der Waals surface area contributed by atoms with Crippen molar-refractivity contribution in [3.05, 3.63) is 87.2 Å². The lowest BCUT2D eigenvalue weighted by Gasteiger charge is -2.09. The predicted octanol–water partition coefficient (Wildman–Crippen LogP) is 2.50. The minimum atomic E-state index is -0.443. The second-order valence-corrected chi connectivity index (χ2v) is 7.88. The minimum Gasteiger partial charge on any atom is -0.396 e. The first-order valence-corrected chi connectivity index (χ1v) is 10.5. The number of aliphatic hydroxyl groups excluding tert-OH is 1. The van der Waals surface area contributed by atoms with Crippen LogP contribution in [0.4, 0.5) is 0 Å². The van der Waals surface area contributed by atoms with E-state index >= 15 is 0 Å². The molecule has 5 rings (SSSR count). The van der Waals surface area contributed by atoms with Crippen LogP contribution in [0.2, 0.25) is 0 Å². The summed E-state index contributed by atoms with van der Waals surface area (Å²) in [7, 11) is 1.61. The Hall–Kier alpha value is -3.91. The highest BCUT2D eigenvalue weighted by molar-refractivity contribution is 5.79. The largest absolute Gasteiger partial charge is 0.396 e. The van der Waals surface area contributed by atoms with Crippen molar-refractivity contribution in [3.63, 3.8) is 0 Å². The van der Waals surface area contributed by atoms with Crippen LogP contribution in [0.15, 0.2) is 70.4 Å². The summed E-state index contributed by atoms with van der Waals surface area (Å²) < 4.78 is 6.31. The molecular weight excluding hydrogens is 406 g/mol. The molecule has 0 bridgehead atoms. The number of benzene rings is 2. The van der Waals surface area contributed by atoms with Crippen molar-refractivity contribution < 1.29 is 5.11 Å². The zero-order chi connectivity index (χ0) is 22.4. The maximum atomic E-state index is 13.3. The fourth-order valence-corrected chi connectivity index (χ4v) is 4.08. The normalized spacial score (nSPS) is 11.6. The van der Waals surface area contributed by atoms with Gasteiger partial charge < -0.3 is 5.11 Å². The molecule has 0 atom stereocenters. The van der Waals surface area contributed by atoms with Gasteiger partial charge in [0.15, 0.2) is 11.2 Å². The van der Waals surface area contributed by atoms with Crippen LogP contribution in [-0.4, -0.2) is 34.8 Å². The van der Waals surface area contributed by atoms with Gasteiger partial charge in [-0.3, -0.25) is 22.9 Å². The number of nitrogens with zero attached hydrogens (tertiary/aromatic N) is 5. The van der Waals surface area contributed by atoms with E-state index in [2.05, 4.69) is 0 Å². The fourth-order valence-electron chi connectivity index (χ4n) is 4.08. The monoisotopic (exact) mass is 429 g/mol. The molecule has 0 aliphatic carbocycles. The van der Waals surface area contributed by atoms with Crippen molar-refractivity contribution in [3.8, 4) is 16.9 Å². The summed E-state index contributed by atoms with van der Waals surface area (Å²) in [6.07, 6.45) is 2.21. The Morgan fingerprint density at radius 3 is 2.41 bits per heavy atom. The number of imidazole rings is 2. The first kappa shape index (κ1) is 20.0. The summed E-state index contributed by atoms with van der Waals surface area (Å²) in [5, 5.41) is 9.19. The Kier molecular flexibility index (Phi) is 4.79. The second-order valence-electron chi connectivity index (χ2n) is 7.88. The molecule has 0 saturated heterocycles. The SMILES string of the molecule is Cc1ccc(-n2c(-c3ccccc3)cn3c4c(=O)n(CCCO)c(=O)n(C)c4nc23)cc1. The number of hydrogen-bond acceptors (Lipinski definition) is 4. The van der Waals surface area contributed by atoms with Crippen LogP contribution in [0.3, 0.4) is 0 Å². The van der Waals surface area contributed by atoms with Gasteiger partial charge >= 0.3 is 5.69 Å². The highest BCUT2D eigenvalue weighted by Crippen LogP contribution is 2.28. The first-order chi connectivity index (χ1) is 15.5. The Bertz CT molecular complexity index is 1550. The lowest BCUT2D eigenvalue weighted by Crippen LogP contribution is -2.39. The van der Waals surface area contributed by atoms with Gasteiger partial charge in [-0.15, -0.1) is 0 Å². The van der Waals surface area contributed by atoms with Gasteiger partial charge in [0, 0.05) is 37.6 Å². The van der Waals surface area contributed by atoms with E-state index in [0.29, 0.717) is 23.4 Å². The molecule has 3 heterocycles. The standard InChI is InChI=1S/C24H23N5O3/c1-16-9-11-18(12-10-16)29-19(17-7-4-3-5-8-17)15-28-20-21(25-23(28)29)26(2)24(32)27(22(20)31)13-6-14-30/h3-5,7-12,15,30H,6,13-14H2,1-2H3. The number of aliphatic hydroxyl groups is 1. The second kappa shape index (κ2) is 7.65. The molecule has 0 aliphatic rings. The zero-order valence-corrected chi connectivity index (χ0v) is 17.9. The first-order valence-electron chi connectivity index (χ1n) is 10.5. The van der Waals surface area contributed by atoms with Gasteiger partial charge in [-0.25, -0.2) is 4.79 Å². The summed E-state index contributed by atoms with van der Waals surface area (Å²) in [5.74, 6) is 0.551. The summed E-state index contributed by atoms with van der Waals surface area (Å²) in [6.45, 7) is 2.08. The summed E-state index contributed by atoms with van der Waals surface area (Å²) >= 11 is 0. The Morgan fingerprint density at radius 1 is 1.00 bits per heavy atom. The lowest BCUT2D eigenvalue weighted by atomic mass is 10.1. The van der Waals surface area contributed by atoms with Crippen molar-refractivity contribution in [2.45, 2.75) is 19.9 Å². The lowest BCUT2D eigenvalue weighted by molar-refractivity contribution is 0.277. The Morgan fingerprint density at radius 2 is 1.72 bits per heavy atom. The van der Waals surface area contributed by atoms with E-state index in [-0.39, 0.29) is 13.2 Å². The van der Waals surface area contributed by atoms with Gasteiger partial charge in [0.1, 0.15) is 0 Å². The molecule has 32 heavy (non-hydrogen) atoms. The molecule has 162 valence electrons. The molecule has 0 fully saturated rings. The quantitative estimate of drug-likeness (QED) is 0.465. The van der Waals surface area contributed by atoms with E-state index in [9.17, 15) is 14.7 Å². The number of rotatable bonds is 5. The average Bonchev–Trinajstić information content (AvgIpc) is 3.35. The van der Waals surface area contributed by atoms with Crippen LogP contribution >= 0.6 is 0 Å². The molecule has 5 aromatic rings. The topological polar surface area (TPSA) is 86.5 Å². The van der Waals surface area contributed by atoms with E-state index in [1.54, 1.807) is 11.4 Å². The van der Waals surface area contributed by atoms with Crippen LogP contribution in [0.1, 0.15) is 12.0 Å². The van der Waals surface area contributed by atoms with Gasteiger partial charge in [-0.2, -0.15) is 4.98 Å². The van der Waals surface area contributed by atoms with Crippen LogP contribution < -0.4 is 11.2 Å². The molecule has 3 aromatic heterocycles. The summed E-state index contributed by atoms with van der Waals surface area (Å²) in [5.41, 5.74) is 3.72.